The van der Waals surface area contributed by atoms with Gasteiger partial charge in [-0.25, -0.2) is 0 Å². The standard InChI is InChI=1S/C11H15O/c1-4-10-6-9(3)7-11(8-10)12-5-2/h6-8H,3-5H2,1-2H3. The van der Waals surface area contributed by atoms with Gasteiger partial charge in [0.1, 0.15) is 5.75 Å². The first-order valence-corrected chi connectivity index (χ1v) is 4.35. The van der Waals surface area contributed by atoms with E-state index >= 15 is 0 Å². The second-order valence-electron chi connectivity index (χ2n) is 2.77. The van der Waals surface area contributed by atoms with Crippen LogP contribution in [-0.2, 0) is 6.42 Å². The van der Waals surface area contributed by atoms with Gasteiger partial charge >= 0.3 is 0 Å². The molecule has 0 aliphatic rings. The van der Waals surface area contributed by atoms with Crippen LogP contribution in [0, 0.1) is 6.92 Å². The summed E-state index contributed by atoms with van der Waals surface area (Å²) in [6.07, 6.45) is 1.03. The zero-order valence-corrected chi connectivity index (χ0v) is 7.76. The van der Waals surface area contributed by atoms with Crippen LogP contribution in [0.5, 0.6) is 5.75 Å². The maximum Gasteiger partial charge on any atom is 0.119 e. The summed E-state index contributed by atoms with van der Waals surface area (Å²) in [7, 11) is 0. The van der Waals surface area contributed by atoms with E-state index in [9.17, 15) is 0 Å². The van der Waals surface area contributed by atoms with Gasteiger partial charge in [0.25, 0.3) is 0 Å². The van der Waals surface area contributed by atoms with E-state index in [4.69, 9.17) is 4.74 Å². The Morgan fingerprint density at radius 1 is 1.25 bits per heavy atom. The van der Waals surface area contributed by atoms with Crippen molar-refractivity contribution in [1.29, 1.82) is 0 Å². The van der Waals surface area contributed by atoms with Gasteiger partial charge in [0.05, 0.1) is 6.61 Å². The van der Waals surface area contributed by atoms with Crippen LogP contribution in [0.15, 0.2) is 18.2 Å². The van der Waals surface area contributed by atoms with Crippen LogP contribution < -0.4 is 4.74 Å². The molecule has 0 spiro atoms. The third-order valence-corrected chi connectivity index (χ3v) is 1.75. The first-order chi connectivity index (χ1) is 5.76. The van der Waals surface area contributed by atoms with E-state index in [1.165, 1.54) is 5.56 Å². The van der Waals surface area contributed by atoms with E-state index < -0.39 is 0 Å². The lowest BCUT2D eigenvalue weighted by molar-refractivity contribution is 0.340. The first-order valence-electron chi connectivity index (χ1n) is 4.35. The fourth-order valence-electron chi connectivity index (χ4n) is 1.18. The van der Waals surface area contributed by atoms with Crippen molar-refractivity contribution in [3.63, 3.8) is 0 Å². The van der Waals surface area contributed by atoms with Gasteiger partial charge in [0, 0.05) is 0 Å². The van der Waals surface area contributed by atoms with Crippen LogP contribution in [0.4, 0.5) is 0 Å². The van der Waals surface area contributed by atoms with Gasteiger partial charge in [-0.05, 0) is 43.5 Å². The maximum atomic E-state index is 5.39. The molecule has 0 unspecified atom stereocenters. The van der Waals surface area contributed by atoms with E-state index in [1.54, 1.807) is 0 Å². The zero-order chi connectivity index (χ0) is 8.97. The van der Waals surface area contributed by atoms with Gasteiger partial charge in [-0.3, -0.25) is 0 Å². The summed E-state index contributed by atoms with van der Waals surface area (Å²) < 4.78 is 5.39. The molecule has 0 aromatic heterocycles. The van der Waals surface area contributed by atoms with Crippen LogP contribution >= 0.6 is 0 Å². The van der Waals surface area contributed by atoms with Crippen molar-refractivity contribution >= 4 is 0 Å². The normalized spacial score (nSPS) is 9.92. The van der Waals surface area contributed by atoms with Crippen LogP contribution in [0.3, 0.4) is 0 Å². The first kappa shape index (κ1) is 9.11. The molecule has 0 saturated carbocycles. The Morgan fingerprint density at radius 2 is 2.00 bits per heavy atom. The maximum absolute atomic E-state index is 5.39. The van der Waals surface area contributed by atoms with Crippen LogP contribution in [0.2, 0.25) is 0 Å². The third-order valence-electron chi connectivity index (χ3n) is 1.75. The number of benzene rings is 1. The van der Waals surface area contributed by atoms with Crippen LogP contribution in [-0.4, -0.2) is 6.61 Å². The van der Waals surface area contributed by atoms with Gasteiger partial charge in [-0.15, -0.1) is 0 Å². The van der Waals surface area contributed by atoms with Crippen molar-refractivity contribution in [3.8, 4) is 5.75 Å². The molecule has 0 atom stereocenters. The Hall–Kier alpha value is -0.980. The Kier molecular flexibility index (Phi) is 3.15. The molecule has 0 fully saturated rings. The molecule has 0 aliphatic heterocycles. The van der Waals surface area contributed by atoms with Crippen molar-refractivity contribution in [1.82, 2.24) is 0 Å². The molecule has 1 radical (unpaired) electrons. The lowest BCUT2D eigenvalue weighted by atomic mass is 10.1. The summed E-state index contributed by atoms with van der Waals surface area (Å²) in [5.41, 5.74) is 2.31. The molecule has 0 saturated heterocycles. The monoisotopic (exact) mass is 163 g/mol. The highest BCUT2D eigenvalue weighted by molar-refractivity contribution is 5.35. The summed E-state index contributed by atoms with van der Waals surface area (Å²) in [5.74, 6) is 0.932. The minimum absolute atomic E-state index is 0.715. The number of hydrogen-bond donors (Lipinski definition) is 0. The Balaban J connectivity index is 2.90. The van der Waals surface area contributed by atoms with Crippen molar-refractivity contribution in [3.05, 3.63) is 36.2 Å². The Labute approximate surface area is 74.4 Å². The van der Waals surface area contributed by atoms with Gasteiger partial charge in [-0.1, -0.05) is 13.0 Å². The summed E-state index contributed by atoms with van der Waals surface area (Å²) in [4.78, 5) is 0. The van der Waals surface area contributed by atoms with E-state index in [2.05, 4.69) is 26.0 Å². The lowest BCUT2D eigenvalue weighted by Gasteiger charge is -2.06. The lowest BCUT2D eigenvalue weighted by Crippen LogP contribution is -1.93. The molecule has 65 valence electrons. The largest absolute Gasteiger partial charge is 0.494 e. The van der Waals surface area contributed by atoms with Crippen molar-refractivity contribution < 1.29 is 4.74 Å². The van der Waals surface area contributed by atoms with E-state index in [1.807, 2.05) is 13.0 Å². The van der Waals surface area contributed by atoms with E-state index in [-0.39, 0.29) is 0 Å². The summed E-state index contributed by atoms with van der Waals surface area (Å²) >= 11 is 0. The molecule has 1 aromatic carbocycles. The molecule has 1 rings (SSSR count). The molecule has 0 bridgehead atoms. The fraction of sp³-hybridized carbons (Fsp3) is 0.364. The predicted molar refractivity (Wildman–Crippen MR) is 51.4 cm³/mol. The second-order valence-corrected chi connectivity index (χ2v) is 2.77. The third kappa shape index (κ3) is 2.26. The fourth-order valence-corrected chi connectivity index (χ4v) is 1.18. The summed E-state index contributed by atoms with van der Waals surface area (Å²) in [6.45, 7) is 8.72. The molecule has 1 nitrogen and oxygen atoms in total. The average Bonchev–Trinajstić information content (AvgIpc) is 2.04. The SMILES string of the molecule is [CH2]c1cc(CC)cc(OCC)c1. The van der Waals surface area contributed by atoms with Gasteiger partial charge in [-0.2, -0.15) is 0 Å². The molecule has 0 amide bonds. The smallest absolute Gasteiger partial charge is 0.119 e. The number of ether oxygens (including phenoxy) is 1. The van der Waals surface area contributed by atoms with Crippen molar-refractivity contribution in [2.24, 2.45) is 0 Å². The van der Waals surface area contributed by atoms with E-state index in [0.29, 0.717) is 6.61 Å². The van der Waals surface area contributed by atoms with Crippen molar-refractivity contribution in [2.45, 2.75) is 20.3 Å². The highest BCUT2D eigenvalue weighted by Gasteiger charge is 1.96. The second kappa shape index (κ2) is 4.15. The highest BCUT2D eigenvalue weighted by atomic mass is 16.5. The molecular weight excluding hydrogens is 148 g/mol. The average molecular weight is 163 g/mol. The molecule has 1 heteroatoms. The molecule has 0 N–H and O–H groups in total. The predicted octanol–water partition coefficient (Wildman–Crippen LogP) is 2.83. The van der Waals surface area contributed by atoms with Crippen LogP contribution in [0.25, 0.3) is 0 Å². The van der Waals surface area contributed by atoms with Gasteiger partial charge < -0.3 is 4.74 Å². The van der Waals surface area contributed by atoms with Gasteiger partial charge in [0.15, 0.2) is 0 Å². The zero-order valence-electron chi connectivity index (χ0n) is 7.76. The molecule has 1 aromatic rings. The summed E-state index contributed by atoms with van der Waals surface area (Å²) in [6, 6.07) is 6.11. The quantitative estimate of drug-likeness (QED) is 0.665. The minimum atomic E-state index is 0.715. The number of aryl methyl sites for hydroxylation is 1. The van der Waals surface area contributed by atoms with Gasteiger partial charge in [0.2, 0.25) is 0 Å². The number of hydrogen-bond acceptors (Lipinski definition) is 1. The number of rotatable bonds is 3. The molecule has 12 heavy (non-hydrogen) atoms. The van der Waals surface area contributed by atoms with E-state index in [0.717, 1.165) is 17.7 Å². The highest BCUT2D eigenvalue weighted by Crippen LogP contribution is 2.16. The molecule has 0 heterocycles. The topological polar surface area (TPSA) is 9.23 Å². The molecule has 0 aliphatic carbocycles. The summed E-state index contributed by atoms with van der Waals surface area (Å²) in [5, 5.41) is 0. The Morgan fingerprint density at radius 3 is 2.58 bits per heavy atom. The Bertz CT molecular complexity index is 253. The minimum Gasteiger partial charge on any atom is -0.494 e. The molecular formula is C11H15O. The van der Waals surface area contributed by atoms with Crippen molar-refractivity contribution in [2.75, 3.05) is 6.61 Å². The van der Waals surface area contributed by atoms with Crippen LogP contribution in [0.1, 0.15) is 25.0 Å².